The lowest BCUT2D eigenvalue weighted by atomic mass is 9.87. The third-order valence-corrected chi connectivity index (χ3v) is 4.69. The molecule has 2 aromatic carbocycles. The van der Waals surface area contributed by atoms with Gasteiger partial charge < -0.3 is 10.6 Å². The number of carbonyl (C=O) groups excluding carboxylic acids is 1. The minimum Gasteiger partial charge on any atom is -0.339 e. The molecule has 0 spiro atoms. The van der Waals surface area contributed by atoms with Gasteiger partial charge in [0.05, 0.1) is 11.3 Å². The van der Waals surface area contributed by atoms with Crippen molar-refractivity contribution >= 4 is 40.5 Å². The quantitative estimate of drug-likeness (QED) is 0.637. The minimum absolute atomic E-state index is 0.0690. The monoisotopic (exact) mass is 378 g/mol. The number of rotatable bonds is 4. The zero-order valence-corrected chi connectivity index (χ0v) is 15.6. The van der Waals surface area contributed by atoms with E-state index >= 15 is 0 Å². The van der Waals surface area contributed by atoms with Gasteiger partial charge in [0.15, 0.2) is 5.78 Å². The van der Waals surface area contributed by atoms with Gasteiger partial charge in [-0.05, 0) is 42.7 Å². The molecule has 1 aliphatic carbocycles. The number of Topliss-reactive ketones (excluding diaryl/α,β-unsaturated/α-hetero) is 1. The number of anilines is 4. The number of nitrogens with zero attached hydrogens (tertiary/aromatic N) is 2. The molecule has 0 aliphatic heterocycles. The molecule has 0 saturated heterocycles. The molecule has 0 saturated carbocycles. The number of fused-ring (bicyclic) bond motifs is 1. The zero-order valence-electron chi connectivity index (χ0n) is 14.9. The summed E-state index contributed by atoms with van der Waals surface area (Å²) >= 11 is 6.09. The van der Waals surface area contributed by atoms with Crippen LogP contribution in [0.4, 0.5) is 23.1 Å². The number of hydrogen-bond acceptors (Lipinski definition) is 5. The van der Waals surface area contributed by atoms with Crippen molar-refractivity contribution in [2.45, 2.75) is 19.8 Å². The largest absolute Gasteiger partial charge is 0.339 e. The molecule has 0 bridgehead atoms. The molecular weight excluding hydrogens is 360 g/mol. The van der Waals surface area contributed by atoms with Gasteiger partial charge in [-0.3, -0.25) is 4.79 Å². The van der Waals surface area contributed by atoms with Crippen LogP contribution in [0.1, 0.15) is 29.4 Å². The van der Waals surface area contributed by atoms with Gasteiger partial charge in [0.25, 0.3) is 0 Å². The van der Waals surface area contributed by atoms with Crippen LogP contribution in [0, 0.1) is 5.92 Å². The van der Waals surface area contributed by atoms with Gasteiger partial charge in [-0.2, -0.15) is 4.98 Å². The van der Waals surface area contributed by atoms with Crippen molar-refractivity contribution < 1.29 is 4.79 Å². The Hall–Kier alpha value is -2.92. The first-order valence-corrected chi connectivity index (χ1v) is 9.25. The first-order valence-electron chi connectivity index (χ1n) is 8.87. The standard InChI is InChI=1S/C21H19ClN4O/c1-13-10-17-19(18(27)11-13)20(23-16-9-5-6-14(22)12-16)26-21(25-17)24-15-7-3-2-4-8-15/h2-9,12-13H,10-11H2,1H3,(H2,23,24,25,26). The summed E-state index contributed by atoms with van der Waals surface area (Å²) in [6, 6.07) is 17.1. The third-order valence-electron chi connectivity index (χ3n) is 4.46. The van der Waals surface area contributed by atoms with E-state index in [4.69, 9.17) is 11.6 Å². The van der Waals surface area contributed by atoms with Crippen LogP contribution in [0.5, 0.6) is 0 Å². The lowest BCUT2D eigenvalue weighted by Crippen LogP contribution is -2.22. The summed E-state index contributed by atoms with van der Waals surface area (Å²) in [5, 5.41) is 7.09. The van der Waals surface area contributed by atoms with Crippen molar-refractivity contribution in [1.82, 2.24) is 9.97 Å². The van der Waals surface area contributed by atoms with Gasteiger partial charge >= 0.3 is 0 Å². The summed E-state index contributed by atoms with van der Waals surface area (Å²) < 4.78 is 0. The van der Waals surface area contributed by atoms with Crippen LogP contribution in [-0.4, -0.2) is 15.8 Å². The number of ketones is 1. The Kier molecular flexibility index (Phi) is 4.77. The molecule has 136 valence electrons. The number of benzene rings is 2. The van der Waals surface area contributed by atoms with Gasteiger partial charge in [-0.1, -0.05) is 42.8 Å². The minimum atomic E-state index is 0.0690. The molecule has 1 heterocycles. The van der Waals surface area contributed by atoms with Crippen molar-refractivity contribution in [2.75, 3.05) is 10.6 Å². The fourth-order valence-electron chi connectivity index (χ4n) is 3.27. The van der Waals surface area contributed by atoms with Crippen LogP contribution in [0.3, 0.4) is 0 Å². The van der Waals surface area contributed by atoms with E-state index in [9.17, 15) is 4.79 Å². The Morgan fingerprint density at radius 2 is 1.74 bits per heavy atom. The summed E-state index contributed by atoms with van der Waals surface area (Å²) in [6.45, 7) is 2.07. The molecule has 27 heavy (non-hydrogen) atoms. The molecule has 4 rings (SSSR count). The molecule has 0 radical (unpaired) electrons. The summed E-state index contributed by atoms with van der Waals surface area (Å²) in [6.07, 6.45) is 1.25. The van der Waals surface area contributed by atoms with Crippen molar-refractivity contribution in [3.63, 3.8) is 0 Å². The lowest BCUT2D eigenvalue weighted by molar-refractivity contribution is 0.0953. The second kappa shape index (κ2) is 7.37. The van der Waals surface area contributed by atoms with Crippen molar-refractivity contribution in [3.8, 4) is 0 Å². The maximum absolute atomic E-state index is 12.7. The highest BCUT2D eigenvalue weighted by Gasteiger charge is 2.28. The Balaban J connectivity index is 1.76. The molecule has 5 nitrogen and oxygen atoms in total. The molecule has 1 aliphatic rings. The Morgan fingerprint density at radius 3 is 2.52 bits per heavy atom. The predicted octanol–water partition coefficient (Wildman–Crippen LogP) is 5.38. The first kappa shape index (κ1) is 17.5. The summed E-state index contributed by atoms with van der Waals surface area (Å²) in [4.78, 5) is 21.9. The Morgan fingerprint density at radius 1 is 0.963 bits per heavy atom. The van der Waals surface area contributed by atoms with E-state index in [1.807, 2.05) is 42.5 Å². The fourth-order valence-corrected chi connectivity index (χ4v) is 3.46. The molecular formula is C21H19ClN4O. The molecule has 6 heteroatoms. The molecule has 1 unspecified atom stereocenters. The Labute approximate surface area is 162 Å². The topological polar surface area (TPSA) is 66.9 Å². The summed E-state index contributed by atoms with van der Waals surface area (Å²) in [5.41, 5.74) is 3.02. The highest BCUT2D eigenvalue weighted by Crippen LogP contribution is 2.32. The van der Waals surface area contributed by atoms with Crippen LogP contribution < -0.4 is 10.6 Å². The third kappa shape index (κ3) is 3.93. The van der Waals surface area contributed by atoms with E-state index in [2.05, 4.69) is 27.5 Å². The maximum atomic E-state index is 12.7. The van der Waals surface area contributed by atoms with Gasteiger partial charge in [0.1, 0.15) is 5.82 Å². The van der Waals surface area contributed by atoms with Crippen molar-refractivity contribution in [1.29, 1.82) is 0 Å². The van der Waals surface area contributed by atoms with Crippen LogP contribution in [0.2, 0.25) is 5.02 Å². The number of nitrogens with one attached hydrogen (secondary N) is 2. The lowest BCUT2D eigenvalue weighted by Gasteiger charge is -2.23. The second-order valence-electron chi connectivity index (χ2n) is 6.78. The van der Waals surface area contributed by atoms with Gasteiger partial charge in [0.2, 0.25) is 5.95 Å². The van der Waals surface area contributed by atoms with E-state index < -0.39 is 0 Å². The number of halogens is 1. The van der Waals surface area contributed by atoms with Gasteiger partial charge in [-0.25, -0.2) is 4.98 Å². The van der Waals surface area contributed by atoms with Crippen LogP contribution in [-0.2, 0) is 6.42 Å². The first-order chi connectivity index (χ1) is 13.1. The van der Waals surface area contributed by atoms with Crippen LogP contribution >= 0.6 is 11.6 Å². The number of hydrogen-bond donors (Lipinski definition) is 2. The normalized spacial score (nSPS) is 15.9. The highest BCUT2D eigenvalue weighted by atomic mass is 35.5. The Bertz CT molecular complexity index is 991. The molecule has 0 fully saturated rings. The smallest absolute Gasteiger partial charge is 0.229 e. The number of para-hydroxylation sites is 1. The van der Waals surface area contributed by atoms with Crippen molar-refractivity contribution in [3.05, 3.63) is 70.9 Å². The van der Waals surface area contributed by atoms with Crippen LogP contribution in [0.15, 0.2) is 54.6 Å². The molecule has 1 aromatic heterocycles. The van der Waals surface area contributed by atoms with Crippen LogP contribution in [0.25, 0.3) is 0 Å². The van der Waals surface area contributed by atoms with Crippen molar-refractivity contribution in [2.24, 2.45) is 5.92 Å². The zero-order chi connectivity index (χ0) is 18.8. The van der Waals surface area contributed by atoms with E-state index in [0.717, 1.165) is 23.5 Å². The highest BCUT2D eigenvalue weighted by molar-refractivity contribution is 6.30. The summed E-state index contributed by atoms with van der Waals surface area (Å²) in [7, 11) is 0. The van der Waals surface area contributed by atoms with Gasteiger partial charge in [-0.15, -0.1) is 0 Å². The second-order valence-corrected chi connectivity index (χ2v) is 7.22. The van der Waals surface area contributed by atoms with E-state index in [1.165, 1.54) is 0 Å². The predicted molar refractivity (Wildman–Crippen MR) is 108 cm³/mol. The fraction of sp³-hybridized carbons (Fsp3) is 0.190. The molecule has 0 amide bonds. The summed E-state index contributed by atoms with van der Waals surface area (Å²) in [5.74, 6) is 1.31. The van der Waals surface area contributed by atoms with E-state index in [-0.39, 0.29) is 11.7 Å². The molecule has 1 atom stereocenters. The number of aromatic nitrogens is 2. The molecule has 3 aromatic rings. The molecule has 2 N–H and O–H groups in total. The average molecular weight is 379 g/mol. The maximum Gasteiger partial charge on any atom is 0.229 e. The van der Waals surface area contributed by atoms with Gasteiger partial charge in [0, 0.05) is 22.8 Å². The number of carbonyl (C=O) groups is 1. The SMILES string of the molecule is CC1CC(=O)c2c(nc(Nc3ccccc3)nc2Nc2cccc(Cl)c2)C1. The average Bonchev–Trinajstić information content (AvgIpc) is 2.62. The van der Waals surface area contributed by atoms with E-state index in [1.54, 1.807) is 12.1 Å². The van der Waals surface area contributed by atoms with E-state index in [0.29, 0.717) is 28.8 Å².